The lowest BCUT2D eigenvalue weighted by Gasteiger charge is -2.15. The van der Waals surface area contributed by atoms with E-state index in [1.54, 1.807) is 24.3 Å². The number of halogens is 2. The van der Waals surface area contributed by atoms with E-state index in [4.69, 9.17) is 23.2 Å². The highest BCUT2D eigenvalue weighted by Gasteiger charge is 2.19. The third kappa shape index (κ3) is 4.33. The fourth-order valence-electron chi connectivity index (χ4n) is 2.81. The van der Waals surface area contributed by atoms with Gasteiger partial charge in [0.25, 0.3) is 10.0 Å². The van der Waals surface area contributed by atoms with Gasteiger partial charge in [-0.15, -0.1) is 0 Å². The molecule has 0 atom stereocenters. The molecule has 4 aromatic rings. The zero-order valence-corrected chi connectivity index (χ0v) is 18.1. The van der Waals surface area contributed by atoms with Gasteiger partial charge in [0.1, 0.15) is 0 Å². The number of nitrogens with zero attached hydrogens (tertiary/aromatic N) is 2. The van der Waals surface area contributed by atoms with Crippen molar-refractivity contribution in [1.82, 2.24) is 9.97 Å². The van der Waals surface area contributed by atoms with Crippen LogP contribution in [0.1, 0.15) is 5.56 Å². The molecule has 0 radical (unpaired) electrons. The number of fused-ring (bicyclic) bond motifs is 1. The maximum absolute atomic E-state index is 12.9. The van der Waals surface area contributed by atoms with Crippen LogP contribution in [0, 0.1) is 6.92 Å². The van der Waals surface area contributed by atoms with Crippen molar-refractivity contribution in [1.29, 1.82) is 0 Å². The summed E-state index contributed by atoms with van der Waals surface area (Å²) in [5.74, 6) is 0.333. The van der Waals surface area contributed by atoms with Gasteiger partial charge >= 0.3 is 0 Å². The molecule has 9 heteroatoms. The second-order valence-electron chi connectivity index (χ2n) is 6.55. The number of sulfonamides is 1. The molecular weight excluding hydrogens is 443 g/mol. The monoisotopic (exact) mass is 458 g/mol. The first-order valence-electron chi connectivity index (χ1n) is 8.90. The Labute approximate surface area is 183 Å². The van der Waals surface area contributed by atoms with Crippen molar-refractivity contribution in [2.75, 3.05) is 10.0 Å². The number of aryl methyl sites for hydroxylation is 1. The van der Waals surface area contributed by atoms with Gasteiger partial charge in [-0.1, -0.05) is 41.4 Å². The van der Waals surface area contributed by atoms with Crippen LogP contribution >= 0.6 is 23.2 Å². The summed E-state index contributed by atoms with van der Waals surface area (Å²) >= 11 is 12.0. The maximum atomic E-state index is 12.9. The predicted octanol–water partition coefficient (Wildman–Crippen LogP) is 5.79. The molecule has 0 bridgehead atoms. The van der Waals surface area contributed by atoms with E-state index >= 15 is 0 Å². The van der Waals surface area contributed by atoms with Crippen molar-refractivity contribution in [2.45, 2.75) is 11.8 Å². The summed E-state index contributed by atoms with van der Waals surface area (Å²) in [6, 6.07) is 18.5. The average Bonchev–Trinajstić information content (AvgIpc) is 2.71. The molecule has 3 aromatic carbocycles. The van der Waals surface area contributed by atoms with E-state index in [0.29, 0.717) is 26.8 Å². The van der Waals surface area contributed by atoms with Gasteiger partial charge < -0.3 is 5.32 Å². The summed E-state index contributed by atoms with van der Waals surface area (Å²) in [5.41, 5.74) is 2.79. The Morgan fingerprint density at radius 3 is 2.07 bits per heavy atom. The molecule has 0 aliphatic heterocycles. The first-order valence-corrected chi connectivity index (χ1v) is 11.1. The van der Waals surface area contributed by atoms with Gasteiger partial charge in [-0.25, -0.2) is 18.4 Å². The molecule has 0 saturated heterocycles. The third-order valence-corrected chi connectivity index (χ3v) is 6.22. The second kappa shape index (κ2) is 8.10. The number of benzene rings is 3. The van der Waals surface area contributed by atoms with E-state index in [0.717, 1.165) is 5.56 Å². The number of nitrogens with one attached hydrogen (secondary N) is 2. The lowest BCUT2D eigenvalue weighted by Crippen LogP contribution is -2.16. The molecule has 0 aliphatic rings. The Morgan fingerprint density at radius 1 is 0.800 bits per heavy atom. The van der Waals surface area contributed by atoms with E-state index in [9.17, 15) is 8.42 Å². The smallest absolute Gasteiger partial charge is 0.263 e. The normalized spacial score (nSPS) is 11.4. The summed E-state index contributed by atoms with van der Waals surface area (Å²) in [5, 5.41) is 4.14. The molecule has 1 heterocycles. The van der Waals surface area contributed by atoms with Crippen LogP contribution in [0.3, 0.4) is 0 Å². The minimum atomic E-state index is -3.91. The Kier molecular flexibility index (Phi) is 5.51. The van der Waals surface area contributed by atoms with Crippen LogP contribution in [0.5, 0.6) is 0 Å². The summed E-state index contributed by atoms with van der Waals surface area (Å²) < 4.78 is 28.3. The summed E-state index contributed by atoms with van der Waals surface area (Å²) in [6.45, 7) is 1.91. The first kappa shape index (κ1) is 20.4. The quantitative estimate of drug-likeness (QED) is 0.395. The fraction of sp³-hybridized carbons (Fsp3) is 0.0476. The van der Waals surface area contributed by atoms with Gasteiger partial charge in [0.15, 0.2) is 11.6 Å². The summed E-state index contributed by atoms with van der Waals surface area (Å²) in [4.78, 5) is 9.11. The van der Waals surface area contributed by atoms with Gasteiger partial charge in [-0.05, 0) is 61.0 Å². The Bertz CT molecular complexity index is 1340. The number of rotatable bonds is 5. The van der Waals surface area contributed by atoms with E-state index in [-0.39, 0.29) is 16.5 Å². The minimum absolute atomic E-state index is 0.0618. The molecule has 0 fully saturated rings. The molecule has 152 valence electrons. The van der Waals surface area contributed by atoms with Crippen molar-refractivity contribution >= 4 is 61.6 Å². The lowest BCUT2D eigenvalue weighted by atomic mass is 10.2. The van der Waals surface area contributed by atoms with Crippen molar-refractivity contribution in [3.05, 3.63) is 82.3 Å². The summed E-state index contributed by atoms with van der Waals surface area (Å²) in [6.07, 6.45) is 0. The van der Waals surface area contributed by atoms with E-state index in [1.807, 2.05) is 25.1 Å². The molecule has 0 amide bonds. The van der Waals surface area contributed by atoms with Crippen LogP contribution < -0.4 is 10.0 Å². The first-order chi connectivity index (χ1) is 14.3. The van der Waals surface area contributed by atoms with Gasteiger partial charge in [-0.3, -0.25) is 4.72 Å². The molecule has 0 spiro atoms. The molecule has 0 unspecified atom stereocenters. The predicted molar refractivity (Wildman–Crippen MR) is 121 cm³/mol. The van der Waals surface area contributed by atoms with Crippen molar-refractivity contribution in [2.24, 2.45) is 0 Å². The Balaban J connectivity index is 1.80. The number of hydrogen-bond donors (Lipinski definition) is 2. The van der Waals surface area contributed by atoms with Crippen LogP contribution in [0.25, 0.3) is 11.0 Å². The lowest BCUT2D eigenvalue weighted by molar-refractivity contribution is 0.601. The van der Waals surface area contributed by atoms with Crippen LogP contribution in [0.4, 0.5) is 17.3 Å². The molecule has 4 rings (SSSR count). The zero-order chi connectivity index (χ0) is 21.3. The zero-order valence-electron chi connectivity index (χ0n) is 15.7. The Morgan fingerprint density at radius 2 is 1.40 bits per heavy atom. The van der Waals surface area contributed by atoms with E-state index in [1.165, 1.54) is 24.3 Å². The van der Waals surface area contributed by atoms with Crippen molar-refractivity contribution in [3.8, 4) is 0 Å². The number of aromatic nitrogens is 2. The molecule has 0 aliphatic carbocycles. The largest absolute Gasteiger partial charge is 0.337 e. The molecule has 1 aromatic heterocycles. The van der Waals surface area contributed by atoms with Crippen LogP contribution in [-0.2, 0) is 10.0 Å². The minimum Gasteiger partial charge on any atom is -0.337 e. The third-order valence-electron chi connectivity index (χ3n) is 4.38. The van der Waals surface area contributed by atoms with Gasteiger partial charge in [0.2, 0.25) is 0 Å². The number of anilines is 3. The van der Waals surface area contributed by atoms with Gasteiger partial charge in [0, 0.05) is 15.7 Å². The number of hydrogen-bond acceptors (Lipinski definition) is 5. The molecule has 6 nitrogen and oxygen atoms in total. The second-order valence-corrected chi connectivity index (χ2v) is 9.11. The highest BCUT2D eigenvalue weighted by atomic mass is 35.5. The SMILES string of the molecule is Cc1ccc(Cl)cc1Nc1nc2ccccc2nc1NS(=O)(=O)c1ccc(Cl)cc1. The fourth-order valence-corrected chi connectivity index (χ4v) is 4.12. The van der Waals surface area contributed by atoms with Crippen molar-refractivity contribution < 1.29 is 8.42 Å². The highest BCUT2D eigenvalue weighted by Crippen LogP contribution is 2.30. The summed E-state index contributed by atoms with van der Waals surface area (Å²) in [7, 11) is -3.91. The molecule has 30 heavy (non-hydrogen) atoms. The standard InChI is InChI=1S/C21H16Cl2N4O2S/c1-13-6-7-15(23)12-19(13)26-20-21(25-18-5-3-2-4-17(18)24-20)27-30(28,29)16-10-8-14(22)9-11-16/h2-12H,1H3,(H,24,26)(H,25,27). The average molecular weight is 459 g/mol. The topological polar surface area (TPSA) is 84.0 Å². The van der Waals surface area contributed by atoms with E-state index < -0.39 is 10.0 Å². The van der Waals surface area contributed by atoms with Crippen LogP contribution in [0.2, 0.25) is 10.0 Å². The van der Waals surface area contributed by atoms with Gasteiger partial charge in [-0.2, -0.15) is 0 Å². The molecular formula is C21H16Cl2N4O2S. The Hall–Kier alpha value is -2.87. The van der Waals surface area contributed by atoms with Crippen LogP contribution in [0.15, 0.2) is 71.6 Å². The number of para-hydroxylation sites is 2. The van der Waals surface area contributed by atoms with E-state index in [2.05, 4.69) is 20.0 Å². The maximum Gasteiger partial charge on any atom is 0.263 e. The highest BCUT2D eigenvalue weighted by molar-refractivity contribution is 7.92. The van der Waals surface area contributed by atoms with Gasteiger partial charge in [0.05, 0.1) is 15.9 Å². The van der Waals surface area contributed by atoms with Crippen molar-refractivity contribution in [3.63, 3.8) is 0 Å². The van der Waals surface area contributed by atoms with Crippen LogP contribution in [-0.4, -0.2) is 18.4 Å². The molecule has 2 N–H and O–H groups in total. The molecule has 0 saturated carbocycles.